The molecule has 10 heteroatoms. The summed E-state index contributed by atoms with van der Waals surface area (Å²) >= 11 is 1.53. The number of aromatic nitrogens is 1. The van der Waals surface area contributed by atoms with Crippen molar-refractivity contribution in [1.82, 2.24) is 9.88 Å². The first kappa shape index (κ1) is 24.2. The van der Waals surface area contributed by atoms with Crippen molar-refractivity contribution in [2.75, 3.05) is 62.8 Å². The first-order chi connectivity index (χ1) is 17.6. The van der Waals surface area contributed by atoms with Gasteiger partial charge in [-0.15, -0.1) is 11.3 Å². The Morgan fingerprint density at radius 2 is 1.86 bits per heavy atom. The lowest BCUT2D eigenvalue weighted by Gasteiger charge is -2.29. The number of hydrogen-bond acceptors (Lipinski definition) is 8. The minimum absolute atomic E-state index is 0.118. The molecule has 0 saturated carbocycles. The number of pyridine rings is 1. The molecule has 2 amide bonds. The number of aliphatic imine (C=N–C) groups is 1. The summed E-state index contributed by atoms with van der Waals surface area (Å²) in [5, 5.41) is 3.79. The predicted octanol–water partition coefficient (Wildman–Crippen LogP) is 4.01. The van der Waals surface area contributed by atoms with E-state index in [4.69, 9.17) is 20.2 Å². The van der Waals surface area contributed by atoms with E-state index in [1.165, 1.54) is 11.3 Å². The Kier molecular flexibility index (Phi) is 7.45. The molecule has 9 nitrogen and oxygen atoms in total. The molecule has 0 aliphatic carbocycles. The number of allylic oxidation sites excluding steroid dienone is 1. The van der Waals surface area contributed by atoms with E-state index in [-0.39, 0.29) is 6.03 Å². The van der Waals surface area contributed by atoms with E-state index < -0.39 is 0 Å². The van der Waals surface area contributed by atoms with Gasteiger partial charge < -0.3 is 25.0 Å². The van der Waals surface area contributed by atoms with Gasteiger partial charge in [-0.05, 0) is 30.7 Å². The summed E-state index contributed by atoms with van der Waals surface area (Å²) in [6, 6.07) is 11.8. The van der Waals surface area contributed by atoms with E-state index in [1.807, 2.05) is 43.3 Å². The van der Waals surface area contributed by atoms with Crippen LogP contribution < -0.4 is 16.0 Å². The van der Waals surface area contributed by atoms with E-state index in [2.05, 4.69) is 15.2 Å². The lowest BCUT2D eigenvalue weighted by Crippen LogP contribution is -2.42. The number of carbonyl (C=O) groups excluding carboxylic acids is 1. The van der Waals surface area contributed by atoms with Crippen LogP contribution in [0, 0.1) is 6.92 Å². The van der Waals surface area contributed by atoms with Gasteiger partial charge in [-0.3, -0.25) is 5.32 Å². The topological polar surface area (TPSA) is 105 Å². The number of rotatable bonds is 5. The van der Waals surface area contributed by atoms with Crippen molar-refractivity contribution in [2.24, 2.45) is 10.7 Å². The Labute approximate surface area is 214 Å². The van der Waals surface area contributed by atoms with Crippen molar-refractivity contribution in [2.45, 2.75) is 6.92 Å². The molecule has 0 atom stereocenters. The smallest absolute Gasteiger partial charge is 0.322 e. The van der Waals surface area contributed by atoms with Gasteiger partial charge in [-0.2, -0.15) is 0 Å². The van der Waals surface area contributed by atoms with Crippen LogP contribution in [0.3, 0.4) is 0 Å². The van der Waals surface area contributed by atoms with Gasteiger partial charge in [-0.1, -0.05) is 23.8 Å². The van der Waals surface area contributed by atoms with Crippen LogP contribution in [0.25, 0.3) is 15.9 Å². The lowest BCUT2D eigenvalue weighted by molar-refractivity contribution is 0.0565. The van der Waals surface area contributed by atoms with E-state index in [0.29, 0.717) is 51.0 Å². The molecule has 0 radical (unpaired) electrons. The number of nitrogens with zero attached hydrogens (tertiary/aromatic N) is 4. The second-order valence-corrected chi connectivity index (χ2v) is 9.78. The number of carbonyl (C=O) groups is 1. The summed E-state index contributed by atoms with van der Waals surface area (Å²) in [6.45, 7) is 7.26. The first-order valence-electron chi connectivity index (χ1n) is 12.0. The number of hydrogen-bond donors (Lipinski definition) is 2. The predicted molar refractivity (Wildman–Crippen MR) is 146 cm³/mol. The fourth-order valence-corrected chi connectivity index (χ4v) is 5.25. The third-order valence-electron chi connectivity index (χ3n) is 6.14. The van der Waals surface area contributed by atoms with Crippen molar-refractivity contribution < 1.29 is 14.3 Å². The van der Waals surface area contributed by atoms with Gasteiger partial charge >= 0.3 is 6.03 Å². The zero-order valence-electron chi connectivity index (χ0n) is 20.3. The second kappa shape index (κ2) is 11.1. The monoisotopic (exact) mass is 506 g/mol. The summed E-state index contributed by atoms with van der Waals surface area (Å²) in [7, 11) is 0. The Balaban J connectivity index is 1.42. The number of urea groups is 1. The fourth-order valence-electron chi connectivity index (χ4n) is 4.22. The van der Waals surface area contributed by atoms with Crippen LogP contribution >= 0.6 is 11.3 Å². The lowest BCUT2D eigenvalue weighted by atomic mass is 10.1. The Bertz CT molecular complexity index is 1290. The molecular weight excluding hydrogens is 476 g/mol. The molecule has 0 spiro atoms. The number of benzene rings is 1. The molecule has 5 rings (SSSR count). The Hall–Kier alpha value is -3.47. The molecule has 3 N–H and O–H groups in total. The standard InChI is InChI=1S/C26H30N6O3S/c1-18-3-2-4-19(15-18)20(27)5-6-28-23-17-22(31-7-11-34-12-8-31)25-21(29-23)16-24(36-25)30-26(33)32-9-13-35-14-10-32/h2-6,15-17H,7-14,27H2,1H3,(H,30,33)/b20-5-,28-6?. The van der Waals surface area contributed by atoms with Crippen LogP contribution in [-0.4, -0.2) is 74.7 Å². The van der Waals surface area contributed by atoms with Crippen molar-refractivity contribution in [3.8, 4) is 0 Å². The summed E-state index contributed by atoms with van der Waals surface area (Å²) in [5.41, 5.74) is 10.8. The number of nitrogens with two attached hydrogens (primary N) is 1. The van der Waals surface area contributed by atoms with Crippen LogP contribution in [0.2, 0.25) is 0 Å². The number of thiophene rings is 1. The third kappa shape index (κ3) is 5.67. The maximum absolute atomic E-state index is 12.7. The zero-order valence-corrected chi connectivity index (χ0v) is 21.1. The van der Waals surface area contributed by atoms with Gasteiger partial charge in [0.2, 0.25) is 0 Å². The van der Waals surface area contributed by atoms with Crippen molar-refractivity contribution in [1.29, 1.82) is 0 Å². The summed E-state index contributed by atoms with van der Waals surface area (Å²) in [6.07, 6.45) is 3.47. The highest BCUT2D eigenvalue weighted by molar-refractivity contribution is 7.23. The molecule has 36 heavy (non-hydrogen) atoms. The van der Waals surface area contributed by atoms with Gasteiger partial charge in [-0.25, -0.2) is 14.8 Å². The van der Waals surface area contributed by atoms with Crippen LogP contribution in [0.5, 0.6) is 0 Å². The maximum Gasteiger partial charge on any atom is 0.322 e. The highest BCUT2D eigenvalue weighted by atomic mass is 32.1. The largest absolute Gasteiger partial charge is 0.398 e. The number of aryl methyl sites for hydroxylation is 1. The van der Waals surface area contributed by atoms with Gasteiger partial charge in [0.15, 0.2) is 5.82 Å². The highest BCUT2D eigenvalue weighted by Gasteiger charge is 2.21. The molecule has 2 aliphatic rings. The molecule has 2 aromatic heterocycles. The van der Waals surface area contributed by atoms with Crippen LogP contribution in [-0.2, 0) is 9.47 Å². The van der Waals surface area contributed by atoms with E-state index in [1.54, 1.807) is 17.2 Å². The zero-order chi connectivity index (χ0) is 24.9. The normalized spacial score (nSPS) is 17.2. The van der Waals surface area contributed by atoms with Crippen LogP contribution in [0.15, 0.2) is 47.5 Å². The van der Waals surface area contributed by atoms with E-state index >= 15 is 0 Å². The third-order valence-corrected chi connectivity index (χ3v) is 7.20. The average molecular weight is 507 g/mol. The quantitative estimate of drug-likeness (QED) is 0.507. The van der Waals surface area contributed by atoms with Gasteiger partial charge in [0.1, 0.15) is 0 Å². The first-order valence-corrected chi connectivity index (χ1v) is 12.9. The van der Waals surface area contributed by atoms with Gasteiger partial charge in [0.25, 0.3) is 0 Å². The minimum Gasteiger partial charge on any atom is -0.398 e. The molecule has 2 saturated heterocycles. The number of amides is 2. The number of ether oxygens (including phenoxy) is 2. The Morgan fingerprint density at radius 3 is 2.61 bits per heavy atom. The summed E-state index contributed by atoms with van der Waals surface area (Å²) in [5.74, 6) is 0.584. The molecule has 3 aromatic rings. The number of fused-ring (bicyclic) bond motifs is 1. The van der Waals surface area contributed by atoms with Crippen molar-refractivity contribution >= 4 is 56.0 Å². The van der Waals surface area contributed by atoms with Gasteiger partial charge in [0, 0.05) is 44.2 Å². The Morgan fingerprint density at radius 1 is 1.11 bits per heavy atom. The van der Waals surface area contributed by atoms with Gasteiger partial charge in [0.05, 0.1) is 47.3 Å². The fraction of sp³-hybridized carbons (Fsp3) is 0.346. The van der Waals surface area contributed by atoms with E-state index in [0.717, 1.165) is 45.1 Å². The number of morpholine rings is 2. The van der Waals surface area contributed by atoms with E-state index in [9.17, 15) is 4.79 Å². The van der Waals surface area contributed by atoms with Crippen molar-refractivity contribution in [3.63, 3.8) is 0 Å². The molecule has 0 bridgehead atoms. The van der Waals surface area contributed by atoms with Crippen LogP contribution in [0.1, 0.15) is 11.1 Å². The number of nitrogens with one attached hydrogen (secondary N) is 1. The molecular formula is C26H30N6O3S. The average Bonchev–Trinajstić information content (AvgIpc) is 3.31. The molecule has 0 unspecified atom stereocenters. The van der Waals surface area contributed by atoms with Crippen LogP contribution in [0.4, 0.5) is 21.3 Å². The van der Waals surface area contributed by atoms with Crippen molar-refractivity contribution in [3.05, 3.63) is 53.6 Å². The summed E-state index contributed by atoms with van der Waals surface area (Å²) in [4.78, 5) is 26.1. The molecule has 4 heterocycles. The molecule has 188 valence electrons. The molecule has 2 fully saturated rings. The molecule has 1 aromatic carbocycles. The highest BCUT2D eigenvalue weighted by Crippen LogP contribution is 2.38. The SMILES string of the molecule is Cc1cccc(/C(N)=C/C=Nc2cc(N3CCOCC3)c3sc(NC(=O)N4CCOCC4)cc3n2)c1. The number of anilines is 2. The minimum atomic E-state index is -0.118. The maximum atomic E-state index is 12.7. The molecule has 2 aliphatic heterocycles. The summed E-state index contributed by atoms with van der Waals surface area (Å²) < 4.78 is 11.9. The second-order valence-electron chi connectivity index (χ2n) is 8.72.